The Morgan fingerprint density at radius 1 is 1.21 bits per heavy atom. The maximum atomic E-state index is 10.4. The Labute approximate surface area is 84.5 Å². The van der Waals surface area contributed by atoms with Crippen molar-refractivity contribution in [1.29, 1.82) is 0 Å². The molecule has 0 fully saturated rings. The third-order valence-electron chi connectivity index (χ3n) is 1.63. The van der Waals surface area contributed by atoms with Crippen molar-refractivity contribution in [3.63, 3.8) is 0 Å². The van der Waals surface area contributed by atoms with E-state index in [0.717, 1.165) is 16.5 Å². The van der Waals surface area contributed by atoms with Crippen molar-refractivity contribution >= 4 is 6.29 Å². The lowest BCUT2D eigenvalue weighted by atomic mass is 10.2. The highest BCUT2D eigenvalue weighted by Crippen LogP contribution is 2.11. The van der Waals surface area contributed by atoms with Crippen LogP contribution in [0, 0.1) is 0 Å². The van der Waals surface area contributed by atoms with Crippen molar-refractivity contribution < 1.29 is 14.0 Å². The number of hydrogen-bond acceptors (Lipinski definition) is 2. The fourth-order valence-corrected chi connectivity index (χ4v) is 0.911. The summed E-state index contributed by atoms with van der Waals surface area (Å²) in [6.07, 6.45) is 0.823. The van der Waals surface area contributed by atoms with Gasteiger partial charge in [-0.15, -0.1) is 0 Å². The first-order chi connectivity index (χ1) is 6.51. The van der Waals surface area contributed by atoms with Gasteiger partial charge in [-0.1, -0.05) is 0 Å². The average Bonchev–Trinajstić information content (AvgIpc) is 2.14. The maximum Gasteiger partial charge on any atom is 0.223 e. The molecule has 0 spiro atoms. The van der Waals surface area contributed by atoms with E-state index in [-0.39, 0.29) is 0 Å². The van der Waals surface area contributed by atoms with Crippen molar-refractivity contribution in [2.45, 2.75) is 0 Å². The number of benzene rings is 1. The highest BCUT2D eigenvalue weighted by molar-refractivity contribution is 5.74. The third-order valence-corrected chi connectivity index (χ3v) is 1.63. The van der Waals surface area contributed by atoms with Crippen LogP contribution in [0.5, 0.6) is 5.75 Å². The number of aldehydes is 1. The van der Waals surface area contributed by atoms with Crippen molar-refractivity contribution in [3.8, 4) is 5.75 Å². The predicted octanol–water partition coefficient (Wildman–Crippen LogP) is 1.54. The summed E-state index contributed by atoms with van der Waals surface area (Å²) in [5.41, 5.74) is 0.669. The zero-order valence-electron chi connectivity index (χ0n) is 8.86. The van der Waals surface area contributed by atoms with E-state index in [0.29, 0.717) is 12.3 Å². The molecule has 0 unspecified atom stereocenters. The molecule has 0 atom stereocenters. The lowest BCUT2D eigenvalue weighted by molar-refractivity contribution is -0.886. The molecule has 14 heavy (non-hydrogen) atoms. The molecule has 0 aliphatic heterocycles. The van der Waals surface area contributed by atoms with Gasteiger partial charge in [0.1, 0.15) is 12.0 Å². The topological polar surface area (TPSA) is 26.3 Å². The van der Waals surface area contributed by atoms with Gasteiger partial charge >= 0.3 is 0 Å². The van der Waals surface area contributed by atoms with Gasteiger partial charge in [-0.25, -0.2) is 0 Å². The summed E-state index contributed by atoms with van der Waals surface area (Å²) in [5, 5.41) is 0. The number of carbonyl (C=O) groups is 1. The van der Waals surface area contributed by atoms with Crippen molar-refractivity contribution in [1.82, 2.24) is 0 Å². The molecular weight excluding hydrogens is 178 g/mol. The van der Waals surface area contributed by atoms with Crippen LogP contribution in [0.4, 0.5) is 0 Å². The van der Waals surface area contributed by atoms with Crippen molar-refractivity contribution in [2.24, 2.45) is 0 Å². The Balaban J connectivity index is 2.56. The average molecular weight is 194 g/mol. The number of nitrogens with zero attached hydrogens (tertiary/aromatic N) is 1. The number of rotatable bonds is 4. The number of ether oxygens (including phenoxy) is 1. The largest absolute Gasteiger partial charge is 0.445 e. The van der Waals surface area contributed by atoms with E-state index in [1.807, 2.05) is 0 Å². The molecule has 76 valence electrons. The first-order valence-corrected chi connectivity index (χ1v) is 4.50. The van der Waals surface area contributed by atoms with E-state index < -0.39 is 0 Å². The van der Waals surface area contributed by atoms with Crippen molar-refractivity contribution in [2.75, 3.05) is 27.9 Å². The molecule has 0 saturated heterocycles. The Bertz CT molecular complexity index is 298. The highest BCUT2D eigenvalue weighted by Gasteiger charge is 2.06. The lowest BCUT2D eigenvalue weighted by Gasteiger charge is -2.23. The van der Waals surface area contributed by atoms with Gasteiger partial charge in [0.15, 0.2) is 0 Å². The van der Waals surface area contributed by atoms with E-state index in [4.69, 9.17) is 4.74 Å². The van der Waals surface area contributed by atoms with Gasteiger partial charge < -0.3 is 4.74 Å². The van der Waals surface area contributed by atoms with Gasteiger partial charge in [0, 0.05) is 5.56 Å². The van der Waals surface area contributed by atoms with Crippen LogP contribution in [0.25, 0.3) is 0 Å². The van der Waals surface area contributed by atoms with Gasteiger partial charge in [0.05, 0.1) is 21.1 Å². The Morgan fingerprint density at radius 2 is 1.79 bits per heavy atom. The second-order valence-electron chi connectivity index (χ2n) is 4.25. The Kier molecular flexibility index (Phi) is 3.25. The first-order valence-electron chi connectivity index (χ1n) is 4.50. The summed E-state index contributed by atoms with van der Waals surface area (Å²) in [6.45, 7) is 0.612. The van der Waals surface area contributed by atoms with Crippen LogP contribution in [0.15, 0.2) is 24.3 Å². The van der Waals surface area contributed by atoms with Crippen LogP contribution < -0.4 is 4.74 Å². The normalized spacial score (nSPS) is 11.1. The van der Waals surface area contributed by atoms with Crippen LogP contribution in [-0.4, -0.2) is 38.6 Å². The molecule has 0 amide bonds. The fourth-order valence-electron chi connectivity index (χ4n) is 0.911. The summed E-state index contributed by atoms with van der Waals surface area (Å²) in [6, 6.07) is 7.11. The monoisotopic (exact) mass is 194 g/mol. The second-order valence-corrected chi connectivity index (χ2v) is 4.25. The van der Waals surface area contributed by atoms with E-state index in [9.17, 15) is 4.79 Å². The van der Waals surface area contributed by atoms with E-state index in [2.05, 4.69) is 21.1 Å². The molecular formula is C11H16NO2+. The summed E-state index contributed by atoms with van der Waals surface area (Å²) < 4.78 is 6.27. The molecule has 1 aromatic carbocycles. The molecule has 0 aromatic heterocycles. The number of quaternary nitrogens is 1. The minimum Gasteiger partial charge on any atom is -0.445 e. The second kappa shape index (κ2) is 4.24. The van der Waals surface area contributed by atoms with Gasteiger partial charge in [0.25, 0.3) is 0 Å². The quantitative estimate of drug-likeness (QED) is 0.413. The number of hydrogen-bond donors (Lipinski definition) is 0. The summed E-state index contributed by atoms with van der Waals surface area (Å²) in [5.74, 6) is 0.795. The van der Waals surface area contributed by atoms with Crippen LogP contribution in [-0.2, 0) is 0 Å². The number of carbonyl (C=O) groups excluding carboxylic acids is 1. The predicted molar refractivity (Wildman–Crippen MR) is 55.4 cm³/mol. The molecule has 3 nitrogen and oxygen atoms in total. The Hall–Kier alpha value is -1.35. The SMILES string of the molecule is C[N+](C)(C)COc1ccc(C=O)cc1. The summed E-state index contributed by atoms with van der Waals surface area (Å²) in [4.78, 5) is 10.4. The minimum absolute atomic E-state index is 0.612. The zero-order valence-corrected chi connectivity index (χ0v) is 8.86. The van der Waals surface area contributed by atoms with E-state index in [1.165, 1.54) is 0 Å². The lowest BCUT2D eigenvalue weighted by Crippen LogP contribution is -2.38. The molecule has 0 aliphatic rings. The molecule has 0 N–H and O–H groups in total. The van der Waals surface area contributed by atoms with Gasteiger partial charge in [-0.3, -0.25) is 9.28 Å². The molecule has 0 radical (unpaired) electrons. The smallest absolute Gasteiger partial charge is 0.223 e. The van der Waals surface area contributed by atoms with E-state index in [1.54, 1.807) is 24.3 Å². The van der Waals surface area contributed by atoms with Crippen LogP contribution >= 0.6 is 0 Å². The van der Waals surface area contributed by atoms with Crippen molar-refractivity contribution in [3.05, 3.63) is 29.8 Å². The van der Waals surface area contributed by atoms with Crippen LogP contribution in [0.3, 0.4) is 0 Å². The summed E-state index contributed by atoms with van der Waals surface area (Å²) in [7, 11) is 6.17. The molecule has 1 aromatic rings. The van der Waals surface area contributed by atoms with Gasteiger partial charge in [0.2, 0.25) is 6.73 Å². The highest BCUT2D eigenvalue weighted by atomic mass is 16.5. The third kappa shape index (κ3) is 3.58. The molecule has 1 rings (SSSR count). The van der Waals surface area contributed by atoms with Gasteiger partial charge in [-0.05, 0) is 24.3 Å². The first kappa shape index (κ1) is 10.7. The maximum absolute atomic E-state index is 10.4. The molecule has 0 bridgehead atoms. The molecule has 0 saturated carbocycles. The van der Waals surface area contributed by atoms with E-state index >= 15 is 0 Å². The molecule has 0 aliphatic carbocycles. The Morgan fingerprint density at radius 3 is 2.21 bits per heavy atom. The fraction of sp³-hybridized carbons (Fsp3) is 0.364. The molecule has 0 heterocycles. The van der Waals surface area contributed by atoms with Gasteiger partial charge in [-0.2, -0.15) is 0 Å². The standard InChI is InChI=1S/C11H16NO2/c1-12(2,3)9-14-11-6-4-10(8-13)5-7-11/h4-8H,9H2,1-3H3/q+1. The zero-order chi connectivity index (χ0) is 10.6. The minimum atomic E-state index is 0.612. The van der Waals surface area contributed by atoms with Crippen LogP contribution in [0.1, 0.15) is 10.4 Å². The molecule has 3 heteroatoms. The van der Waals surface area contributed by atoms with Crippen LogP contribution in [0.2, 0.25) is 0 Å². The summed E-state index contributed by atoms with van der Waals surface area (Å²) >= 11 is 0.